The first-order valence-corrected chi connectivity index (χ1v) is 5.50. The zero-order valence-corrected chi connectivity index (χ0v) is 10.0. The van der Waals surface area contributed by atoms with E-state index in [1.54, 1.807) is 6.07 Å². The first-order valence-electron chi connectivity index (χ1n) is 5.12. The molecule has 0 atom stereocenters. The molecule has 0 fully saturated rings. The Kier molecular flexibility index (Phi) is 3.11. The van der Waals surface area contributed by atoms with E-state index in [9.17, 15) is 0 Å². The fourth-order valence-electron chi connectivity index (χ4n) is 1.44. The molecule has 1 aromatic carbocycles. The van der Waals surface area contributed by atoms with E-state index in [4.69, 9.17) is 11.6 Å². The highest BCUT2D eigenvalue weighted by atomic mass is 35.5. The third-order valence-electron chi connectivity index (χ3n) is 2.49. The van der Waals surface area contributed by atoms with Crippen molar-refractivity contribution in [1.82, 2.24) is 4.98 Å². The molecule has 16 heavy (non-hydrogen) atoms. The Labute approximate surface area is 100 Å². The Hall–Kier alpha value is -1.54. The lowest BCUT2D eigenvalue weighted by molar-refractivity contribution is 1.29. The van der Waals surface area contributed by atoms with E-state index < -0.39 is 0 Å². The van der Waals surface area contributed by atoms with Crippen LogP contribution in [0, 0.1) is 13.8 Å². The fraction of sp³-hybridized carbons (Fsp3) is 0.154. The maximum Gasteiger partial charge on any atom is 0.132 e. The Balaban J connectivity index is 2.24. The Bertz CT molecular complexity index is 509. The van der Waals surface area contributed by atoms with Crippen LogP contribution < -0.4 is 5.32 Å². The summed E-state index contributed by atoms with van der Waals surface area (Å²) in [5.41, 5.74) is 3.56. The van der Waals surface area contributed by atoms with Gasteiger partial charge in [-0.15, -0.1) is 0 Å². The van der Waals surface area contributed by atoms with Gasteiger partial charge in [-0.25, -0.2) is 4.98 Å². The number of benzene rings is 1. The minimum Gasteiger partial charge on any atom is -0.340 e. The predicted molar refractivity (Wildman–Crippen MR) is 68.4 cm³/mol. The molecule has 0 saturated carbocycles. The van der Waals surface area contributed by atoms with Crippen LogP contribution in [-0.2, 0) is 0 Å². The second-order valence-corrected chi connectivity index (χ2v) is 4.16. The number of aromatic nitrogens is 1. The number of rotatable bonds is 2. The molecule has 0 bridgehead atoms. The van der Waals surface area contributed by atoms with Gasteiger partial charge in [0, 0.05) is 5.69 Å². The summed E-state index contributed by atoms with van der Waals surface area (Å²) in [4.78, 5) is 4.17. The minimum absolute atomic E-state index is 0.494. The van der Waals surface area contributed by atoms with E-state index >= 15 is 0 Å². The van der Waals surface area contributed by atoms with Crippen molar-refractivity contribution >= 4 is 23.1 Å². The van der Waals surface area contributed by atoms with E-state index in [-0.39, 0.29) is 0 Å². The van der Waals surface area contributed by atoms with Gasteiger partial charge < -0.3 is 5.32 Å². The standard InChI is InChI=1S/C13H13ClN2/c1-9-6-7-11(8-10(9)2)15-13-5-3-4-12(14)16-13/h3-8H,1-2H3,(H,15,16). The maximum atomic E-state index is 5.82. The number of anilines is 2. The molecule has 0 aliphatic rings. The van der Waals surface area contributed by atoms with Crippen LogP contribution in [0.5, 0.6) is 0 Å². The number of nitrogens with zero attached hydrogens (tertiary/aromatic N) is 1. The number of halogens is 1. The number of aryl methyl sites for hydroxylation is 2. The first-order chi connectivity index (χ1) is 7.65. The van der Waals surface area contributed by atoms with Crippen LogP contribution in [0.3, 0.4) is 0 Å². The van der Waals surface area contributed by atoms with Gasteiger partial charge in [0.2, 0.25) is 0 Å². The van der Waals surface area contributed by atoms with Crippen molar-refractivity contribution in [3.8, 4) is 0 Å². The van der Waals surface area contributed by atoms with Crippen molar-refractivity contribution in [3.63, 3.8) is 0 Å². The molecule has 0 aliphatic carbocycles. The number of nitrogens with one attached hydrogen (secondary N) is 1. The van der Waals surface area contributed by atoms with Crippen molar-refractivity contribution in [2.75, 3.05) is 5.32 Å². The summed E-state index contributed by atoms with van der Waals surface area (Å²) in [6, 6.07) is 11.7. The van der Waals surface area contributed by atoms with Gasteiger partial charge in [-0.3, -0.25) is 0 Å². The topological polar surface area (TPSA) is 24.9 Å². The molecular weight excluding hydrogens is 220 g/mol. The molecule has 0 unspecified atom stereocenters. The van der Waals surface area contributed by atoms with Crippen molar-refractivity contribution in [1.29, 1.82) is 0 Å². The van der Waals surface area contributed by atoms with Crippen LogP contribution in [0.25, 0.3) is 0 Å². The Morgan fingerprint density at radius 3 is 2.56 bits per heavy atom. The molecule has 0 saturated heterocycles. The van der Waals surface area contributed by atoms with E-state index in [0.717, 1.165) is 11.5 Å². The smallest absolute Gasteiger partial charge is 0.132 e. The molecule has 2 rings (SSSR count). The molecular formula is C13H13ClN2. The van der Waals surface area contributed by atoms with Crippen LogP contribution in [0.2, 0.25) is 5.15 Å². The number of hydrogen-bond donors (Lipinski definition) is 1. The minimum atomic E-state index is 0.494. The van der Waals surface area contributed by atoms with Gasteiger partial charge in [0.15, 0.2) is 0 Å². The molecule has 2 nitrogen and oxygen atoms in total. The van der Waals surface area contributed by atoms with Crippen LogP contribution >= 0.6 is 11.6 Å². The molecule has 0 radical (unpaired) electrons. The summed E-state index contributed by atoms with van der Waals surface area (Å²) < 4.78 is 0. The normalized spacial score (nSPS) is 10.2. The molecule has 1 aromatic heterocycles. The average Bonchev–Trinajstić information content (AvgIpc) is 2.24. The number of hydrogen-bond acceptors (Lipinski definition) is 2. The maximum absolute atomic E-state index is 5.82. The van der Waals surface area contributed by atoms with Crippen LogP contribution in [-0.4, -0.2) is 4.98 Å². The second-order valence-electron chi connectivity index (χ2n) is 3.77. The average molecular weight is 233 g/mol. The van der Waals surface area contributed by atoms with Gasteiger partial charge in [0.1, 0.15) is 11.0 Å². The monoisotopic (exact) mass is 232 g/mol. The summed E-state index contributed by atoms with van der Waals surface area (Å²) in [6.45, 7) is 4.18. The van der Waals surface area contributed by atoms with E-state index in [0.29, 0.717) is 5.15 Å². The number of pyridine rings is 1. The summed E-state index contributed by atoms with van der Waals surface area (Å²) in [6.07, 6.45) is 0. The lowest BCUT2D eigenvalue weighted by Crippen LogP contribution is -1.94. The zero-order chi connectivity index (χ0) is 11.5. The van der Waals surface area contributed by atoms with E-state index in [2.05, 4.69) is 36.3 Å². The summed E-state index contributed by atoms with van der Waals surface area (Å²) in [5, 5.41) is 3.71. The van der Waals surface area contributed by atoms with Gasteiger partial charge >= 0.3 is 0 Å². The highest BCUT2D eigenvalue weighted by molar-refractivity contribution is 6.29. The van der Waals surface area contributed by atoms with Crippen molar-refractivity contribution < 1.29 is 0 Å². The fourth-order valence-corrected chi connectivity index (χ4v) is 1.61. The summed E-state index contributed by atoms with van der Waals surface area (Å²) in [7, 11) is 0. The molecule has 0 amide bonds. The highest BCUT2D eigenvalue weighted by Crippen LogP contribution is 2.19. The van der Waals surface area contributed by atoms with Gasteiger partial charge in [-0.05, 0) is 49.2 Å². The molecule has 2 aromatic rings. The third kappa shape index (κ3) is 2.52. The van der Waals surface area contributed by atoms with Gasteiger partial charge in [0.05, 0.1) is 0 Å². The van der Waals surface area contributed by atoms with Crippen molar-refractivity contribution in [3.05, 3.63) is 52.7 Å². The predicted octanol–water partition coefficient (Wildman–Crippen LogP) is 4.10. The van der Waals surface area contributed by atoms with E-state index in [1.165, 1.54) is 11.1 Å². The van der Waals surface area contributed by atoms with Crippen LogP contribution in [0.1, 0.15) is 11.1 Å². The summed E-state index contributed by atoms with van der Waals surface area (Å²) >= 11 is 5.82. The molecule has 1 N–H and O–H groups in total. The lowest BCUT2D eigenvalue weighted by Gasteiger charge is -2.07. The highest BCUT2D eigenvalue weighted by Gasteiger charge is 1.98. The van der Waals surface area contributed by atoms with Crippen LogP contribution in [0.15, 0.2) is 36.4 Å². The molecule has 3 heteroatoms. The van der Waals surface area contributed by atoms with Crippen molar-refractivity contribution in [2.45, 2.75) is 13.8 Å². The summed E-state index contributed by atoms with van der Waals surface area (Å²) in [5.74, 6) is 0.760. The van der Waals surface area contributed by atoms with Crippen molar-refractivity contribution in [2.24, 2.45) is 0 Å². The first kappa shape index (κ1) is 11.0. The third-order valence-corrected chi connectivity index (χ3v) is 2.70. The lowest BCUT2D eigenvalue weighted by atomic mass is 10.1. The van der Waals surface area contributed by atoms with E-state index in [1.807, 2.05) is 18.2 Å². The molecule has 0 aliphatic heterocycles. The molecule has 82 valence electrons. The quantitative estimate of drug-likeness (QED) is 0.789. The SMILES string of the molecule is Cc1ccc(Nc2cccc(Cl)n2)cc1C. The zero-order valence-electron chi connectivity index (χ0n) is 9.29. The molecule has 1 heterocycles. The largest absolute Gasteiger partial charge is 0.340 e. The van der Waals surface area contributed by atoms with Gasteiger partial charge in [-0.1, -0.05) is 23.7 Å². The van der Waals surface area contributed by atoms with Gasteiger partial charge in [-0.2, -0.15) is 0 Å². The van der Waals surface area contributed by atoms with Crippen LogP contribution in [0.4, 0.5) is 11.5 Å². The molecule has 0 spiro atoms. The van der Waals surface area contributed by atoms with Gasteiger partial charge in [0.25, 0.3) is 0 Å². The second kappa shape index (κ2) is 4.54. The Morgan fingerprint density at radius 1 is 1.06 bits per heavy atom. The Morgan fingerprint density at radius 2 is 1.88 bits per heavy atom.